The van der Waals surface area contributed by atoms with E-state index in [1.165, 1.54) is 0 Å². The first-order valence-corrected chi connectivity index (χ1v) is 6.40. The highest BCUT2D eigenvalue weighted by Gasteiger charge is 2.13. The van der Waals surface area contributed by atoms with Gasteiger partial charge in [-0.15, -0.1) is 5.10 Å². The van der Waals surface area contributed by atoms with E-state index in [1.807, 2.05) is 22.9 Å². The van der Waals surface area contributed by atoms with Crippen molar-refractivity contribution < 1.29 is 0 Å². The van der Waals surface area contributed by atoms with Gasteiger partial charge in [0.1, 0.15) is 5.69 Å². The molecule has 0 amide bonds. The van der Waals surface area contributed by atoms with Crippen molar-refractivity contribution in [3.63, 3.8) is 0 Å². The van der Waals surface area contributed by atoms with Crippen LogP contribution in [-0.4, -0.2) is 15.0 Å². The molecular formula is C14H20N4. The summed E-state index contributed by atoms with van der Waals surface area (Å²) in [6, 6.07) is 10.2. The molecule has 0 fully saturated rings. The van der Waals surface area contributed by atoms with Crippen molar-refractivity contribution >= 4 is 0 Å². The Labute approximate surface area is 108 Å². The maximum Gasteiger partial charge on any atom is 0.104 e. The van der Waals surface area contributed by atoms with Crippen molar-refractivity contribution in [1.29, 1.82) is 0 Å². The summed E-state index contributed by atoms with van der Waals surface area (Å²) < 4.78 is 1.97. The molecule has 1 aromatic heterocycles. The zero-order valence-corrected chi connectivity index (χ0v) is 11.0. The lowest BCUT2D eigenvalue weighted by Crippen LogP contribution is -2.06. The summed E-state index contributed by atoms with van der Waals surface area (Å²) in [5.41, 5.74) is 8.79. The Morgan fingerprint density at radius 1 is 1.22 bits per heavy atom. The van der Waals surface area contributed by atoms with E-state index in [4.69, 9.17) is 5.73 Å². The minimum absolute atomic E-state index is 0.423. The molecule has 2 rings (SSSR count). The normalized spacial score (nSPS) is 11.1. The van der Waals surface area contributed by atoms with E-state index in [0.29, 0.717) is 12.5 Å². The highest BCUT2D eigenvalue weighted by molar-refractivity contribution is 5.61. The Kier molecular flexibility index (Phi) is 4.10. The number of hydrogen-bond acceptors (Lipinski definition) is 3. The van der Waals surface area contributed by atoms with Gasteiger partial charge in [-0.3, -0.25) is 0 Å². The third kappa shape index (κ3) is 2.76. The van der Waals surface area contributed by atoms with Gasteiger partial charge in [0.25, 0.3) is 0 Å². The first-order valence-electron chi connectivity index (χ1n) is 6.40. The number of nitrogens with two attached hydrogens (primary N) is 1. The molecule has 0 spiro atoms. The minimum Gasteiger partial charge on any atom is -0.325 e. The van der Waals surface area contributed by atoms with Gasteiger partial charge in [0.05, 0.1) is 5.69 Å². The third-order valence-corrected chi connectivity index (χ3v) is 2.96. The second-order valence-corrected chi connectivity index (χ2v) is 4.86. The molecule has 2 N–H and O–H groups in total. The average Bonchev–Trinajstić information content (AvgIpc) is 2.80. The highest BCUT2D eigenvalue weighted by Crippen LogP contribution is 2.22. The summed E-state index contributed by atoms with van der Waals surface area (Å²) in [5, 5.41) is 8.40. The smallest absolute Gasteiger partial charge is 0.104 e. The zero-order valence-electron chi connectivity index (χ0n) is 11.0. The van der Waals surface area contributed by atoms with E-state index >= 15 is 0 Å². The molecule has 0 saturated carbocycles. The van der Waals surface area contributed by atoms with Crippen LogP contribution < -0.4 is 5.73 Å². The van der Waals surface area contributed by atoms with Crippen molar-refractivity contribution in [3.8, 4) is 11.3 Å². The van der Waals surface area contributed by atoms with Crippen LogP contribution >= 0.6 is 0 Å². The summed E-state index contributed by atoms with van der Waals surface area (Å²) in [4.78, 5) is 0. The van der Waals surface area contributed by atoms with Crippen molar-refractivity contribution in [3.05, 3.63) is 36.0 Å². The van der Waals surface area contributed by atoms with Gasteiger partial charge in [0, 0.05) is 18.7 Å². The molecular weight excluding hydrogens is 224 g/mol. The second-order valence-electron chi connectivity index (χ2n) is 4.86. The molecule has 0 aliphatic carbocycles. The predicted molar refractivity (Wildman–Crippen MR) is 72.8 cm³/mol. The fourth-order valence-corrected chi connectivity index (χ4v) is 1.94. The molecule has 0 radical (unpaired) electrons. The van der Waals surface area contributed by atoms with Gasteiger partial charge in [0.2, 0.25) is 0 Å². The van der Waals surface area contributed by atoms with Gasteiger partial charge in [-0.25, -0.2) is 4.68 Å². The second kappa shape index (κ2) is 5.78. The molecule has 0 atom stereocenters. The van der Waals surface area contributed by atoms with Crippen molar-refractivity contribution in [2.75, 3.05) is 0 Å². The summed E-state index contributed by atoms with van der Waals surface area (Å²) >= 11 is 0. The Morgan fingerprint density at radius 2 is 1.94 bits per heavy atom. The SMILES string of the molecule is CC(C)CCn1nnc(CN)c1-c1ccccc1. The lowest BCUT2D eigenvalue weighted by atomic mass is 10.1. The maximum atomic E-state index is 5.74. The fourth-order valence-electron chi connectivity index (χ4n) is 1.94. The van der Waals surface area contributed by atoms with E-state index in [1.54, 1.807) is 0 Å². The molecule has 18 heavy (non-hydrogen) atoms. The lowest BCUT2D eigenvalue weighted by Gasteiger charge is -2.09. The average molecular weight is 244 g/mol. The molecule has 1 heterocycles. The van der Waals surface area contributed by atoms with E-state index in [-0.39, 0.29) is 0 Å². The largest absolute Gasteiger partial charge is 0.325 e. The molecule has 0 unspecified atom stereocenters. The maximum absolute atomic E-state index is 5.74. The molecule has 0 saturated heterocycles. The monoisotopic (exact) mass is 244 g/mol. The van der Waals surface area contributed by atoms with Gasteiger partial charge in [-0.1, -0.05) is 49.4 Å². The van der Waals surface area contributed by atoms with Crippen LogP contribution in [0.5, 0.6) is 0 Å². The Hall–Kier alpha value is -1.68. The van der Waals surface area contributed by atoms with Crippen LogP contribution in [0, 0.1) is 5.92 Å². The standard InChI is InChI=1S/C14H20N4/c1-11(2)8-9-18-14(13(10-15)16-17-18)12-6-4-3-5-7-12/h3-7,11H,8-10,15H2,1-2H3. The Balaban J connectivity index is 2.34. The Bertz CT molecular complexity index is 488. The molecule has 4 nitrogen and oxygen atoms in total. The zero-order chi connectivity index (χ0) is 13.0. The van der Waals surface area contributed by atoms with E-state index < -0.39 is 0 Å². The molecule has 2 aromatic rings. The minimum atomic E-state index is 0.423. The fraction of sp³-hybridized carbons (Fsp3) is 0.429. The number of hydrogen-bond donors (Lipinski definition) is 1. The molecule has 4 heteroatoms. The summed E-state index contributed by atoms with van der Waals surface area (Å²) in [7, 11) is 0. The van der Waals surface area contributed by atoms with Crippen molar-refractivity contribution in [2.45, 2.75) is 33.4 Å². The summed E-state index contributed by atoms with van der Waals surface area (Å²) in [5.74, 6) is 0.652. The number of rotatable bonds is 5. The van der Waals surface area contributed by atoms with Crippen LogP contribution in [0.4, 0.5) is 0 Å². The van der Waals surface area contributed by atoms with Crippen molar-refractivity contribution in [1.82, 2.24) is 15.0 Å². The van der Waals surface area contributed by atoms with Crippen molar-refractivity contribution in [2.24, 2.45) is 11.7 Å². The third-order valence-electron chi connectivity index (χ3n) is 2.96. The van der Waals surface area contributed by atoms with E-state index in [2.05, 4.69) is 36.3 Å². The van der Waals surface area contributed by atoms with Gasteiger partial charge < -0.3 is 5.73 Å². The summed E-state index contributed by atoms with van der Waals surface area (Å²) in [6.07, 6.45) is 1.09. The molecule has 96 valence electrons. The first kappa shape index (κ1) is 12.8. The highest BCUT2D eigenvalue weighted by atomic mass is 15.4. The number of benzene rings is 1. The van der Waals surface area contributed by atoms with Crippen LogP contribution in [0.1, 0.15) is 26.0 Å². The van der Waals surface area contributed by atoms with E-state index in [0.717, 1.165) is 29.9 Å². The van der Waals surface area contributed by atoms with Gasteiger partial charge >= 0.3 is 0 Å². The number of aromatic nitrogens is 3. The van der Waals surface area contributed by atoms with Crippen LogP contribution in [0.25, 0.3) is 11.3 Å². The Morgan fingerprint density at radius 3 is 2.56 bits per heavy atom. The van der Waals surface area contributed by atoms with Gasteiger partial charge in [-0.2, -0.15) is 0 Å². The number of nitrogens with zero attached hydrogens (tertiary/aromatic N) is 3. The van der Waals surface area contributed by atoms with E-state index in [9.17, 15) is 0 Å². The van der Waals surface area contributed by atoms with Crippen LogP contribution in [0.3, 0.4) is 0 Å². The summed E-state index contributed by atoms with van der Waals surface area (Å²) in [6.45, 7) is 5.73. The van der Waals surface area contributed by atoms with Crippen LogP contribution in [-0.2, 0) is 13.1 Å². The molecule has 1 aromatic carbocycles. The molecule has 0 bridgehead atoms. The van der Waals surface area contributed by atoms with Gasteiger partial charge in [-0.05, 0) is 12.3 Å². The predicted octanol–water partition coefficient (Wildman–Crippen LogP) is 2.45. The van der Waals surface area contributed by atoms with Gasteiger partial charge in [0.15, 0.2) is 0 Å². The lowest BCUT2D eigenvalue weighted by molar-refractivity contribution is 0.481. The quantitative estimate of drug-likeness (QED) is 0.879. The van der Waals surface area contributed by atoms with Crippen LogP contribution in [0.2, 0.25) is 0 Å². The first-order chi connectivity index (χ1) is 8.72. The number of aryl methyl sites for hydroxylation is 1. The molecule has 0 aliphatic heterocycles. The molecule has 0 aliphatic rings. The van der Waals surface area contributed by atoms with Crippen LogP contribution in [0.15, 0.2) is 30.3 Å². The topological polar surface area (TPSA) is 56.7 Å².